The molecule has 1 saturated heterocycles. The van der Waals surface area contributed by atoms with Crippen LogP contribution in [0.15, 0.2) is 30.6 Å². The molecular weight excluding hydrogens is 322 g/mol. The minimum Gasteiger partial charge on any atom is -0.506 e. The van der Waals surface area contributed by atoms with E-state index in [4.69, 9.17) is 21.5 Å². The highest BCUT2D eigenvalue weighted by Crippen LogP contribution is 2.35. The number of benzene rings is 1. The lowest BCUT2D eigenvalue weighted by atomic mass is 10.1. The van der Waals surface area contributed by atoms with E-state index >= 15 is 0 Å². The van der Waals surface area contributed by atoms with Gasteiger partial charge >= 0.3 is 0 Å². The molecule has 0 aliphatic carbocycles. The highest BCUT2D eigenvalue weighted by atomic mass is 35.5. The van der Waals surface area contributed by atoms with Crippen molar-refractivity contribution < 1.29 is 19.8 Å². The number of hydrogen-bond donors (Lipinski definition) is 2. The molecule has 2 aromatic rings. The number of carboxylic acid groups (broad SMARTS) is 1. The molecule has 1 aromatic carbocycles. The van der Waals surface area contributed by atoms with Crippen LogP contribution in [-0.2, 0) is 9.59 Å². The van der Waals surface area contributed by atoms with Crippen molar-refractivity contribution >= 4 is 24.0 Å². The molecule has 2 N–H and O–H groups in total. The summed E-state index contributed by atoms with van der Waals surface area (Å²) in [4.78, 5) is 26.5. The van der Waals surface area contributed by atoms with Crippen LogP contribution in [-0.4, -0.2) is 50.6 Å². The minimum atomic E-state index is -0.254. The number of hydrogen-bond acceptors (Lipinski definition) is 4. The van der Waals surface area contributed by atoms with Crippen molar-refractivity contribution in [2.45, 2.75) is 12.5 Å². The van der Waals surface area contributed by atoms with Crippen molar-refractivity contribution in [1.82, 2.24) is 14.5 Å². The number of rotatable bonds is 2. The van der Waals surface area contributed by atoms with Crippen LogP contribution in [0.1, 0.15) is 12.5 Å². The van der Waals surface area contributed by atoms with Crippen molar-refractivity contribution in [3.8, 4) is 17.1 Å². The molecule has 1 aliphatic heterocycles. The first kappa shape index (κ1) is 16.8. The van der Waals surface area contributed by atoms with Gasteiger partial charge in [0, 0.05) is 31.5 Å². The van der Waals surface area contributed by atoms with Gasteiger partial charge in [-0.05, 0) is 18.6 Å². The van der Waals surface area contributed by atoms with Gasteiger partial charge in [-0.2, -0.15) is 0 Å². The van der Waals surface area contributed by atoms with Gasteiger partial charge in [0.25, 0.3) is 6.47 Å². The van der Waals surface area contributed by atoms with Crippen LogP contribution in [0.5, 0.6) is 5.75 Å². The van der Waals surface area contributed by atoms with Gasteiger partial charge in [-0.15, -0.1) is 0 Å². The first-order valence-corrected chi connectivity index (χ1v) is 7.22. The number of nitrogens with zero attached hydrogens (tertiary/aromatic N) is 3. The summed E-state index contributed by atoms with van der Waals surface area (Å²) in [5.74, 6) is 0.675. The summed E-state index contributed by atoms with van der Waals surface area (Å²) in [6.45, 7) is 0.481. The quantitative estimate of drug-likeness (QED) is 0.817. The maximum absolute atomic E-state index is 12.1. The van der Waals surface area contributed by atoms with E-state index in [0.717, 1.165) is 13.0 Å². The van der Waals surface area contributed by atoms with Gasteiger partial charge in [0.2, 0.25) is 5.91 Å². The standard InChI is InChI=1S/C14H14ClN3O2.CH2O2/c1-17-7-5-10(14(17)20)18-8-6-16-13(18)9-3-2-4-11(19)12(9)15;2-1-3/h2-4,6,8,10,19H,5,7H2,1H3;1H,(H,2,3). The third-order valence-corrected chi connectivity index (χ3v) is 4.02. The normalized spacial score (nSPS) is 16.9. The molecule has 0 bridgehead atoms. The third-order valence-electron chi connectivity index (χ3n) is 3.62. The number of aromatic hydroxyl groups is 1. The molecule has 8 heteroatoms. The number of imidazole rings is 1. The molecule has 122 valence electrons. The first-order chi connectivity index (χ1) is 11.0. The van der Waals surface area contributed by atoms with Crippen LogP contribution in [0, 0.1) is 0 Å². The lowest BCUT2D eigenvalue weighted by molar-refractivity contribution is -0.129. The zero-order valence-electron chi connectivity index (χ0n) is 12.4. The van der Waals surface area contributed by atoms with E-state index in [1.165, 1.54) is 6.07 Å². The van der Waals surface area contributed by atoms with E-state index in [0.29, 0.717) is 11.4 Å². The second-order valence-electron chi connectivity index (χ2n) is 4.97. The van der Waals surface area contributed by atoms with Crippen LogP contribution in [0.25, 0.3) is 11.4 Å². The number of halogens is 1. The predicted octanol–water partition coefficient (Wildman–Crippen LogP) is 2.01. The zero-order chi connectivity index (χ0) is 17.0. The molecule has 1 aromatic heterocycles. The Labute approximate surface area is 137 Å². The maximum atomic E-state index is 12.1. The molecule has 2 heterocycles. The Kier molecular flexibility index (Phi) is 5.23. The van der Waals surface area contributed by atoms with Gasteiger partial charge in [0.15, 0.2) is 0 Å². The molecule has 1 atom stereocenters. The molecule has 7 nitrogen and oxygen atoms in total. The van der Waals surface area contributed by atoms with E-state index in [9.17, 15) is 9.90 Å². The summed E-state index contributed by atoms with van der Waals surface area (Å²) in [5.41, 5.74) is 0.624. The van der Waals surface area contributed by atoms with Crippen LogP contribution < -0.4 is 0 Å². The molecule has 3 rings (SSSR count). The van der Waals surface area contributed by atoms with E-state index in [1.807, 2.05) is 4.57 Å². The van der Waals surface area contributed by atoms with Crippen LogP contribution in [0.2, 0.25) is 5.02 Å². The van der Waals surface area contributed by atoms with Crippen molar-refractivity contribution in [2.24, 2.45) is 0 Å². The van der Waals surface area contributed by atoms with E-state index in [1.54, 1.807) is 36.5 Å². The highest BCUT2D eigenvalue weighted by Gasteiger charge is 2.32. The van der Waals surface area contributed by atoms with Crippen molar-refractivity contribution in [3.05, 3.63) is 35.6 Å². The fraction of sp³-hybridized carbons (Fsp3) is 0.267. The number of aromatic nitrogens is 2. The Morgan fingerprint density at radius 1 is 1.43 bits per heavy atom. The monoisotopic (exact) mass is 337 g/mol. The van der Waals surface area contributed by atoms with Gasteiger partial charge in [0.1, 0.15) is 17.6 Å². The Morgan fingerprint density at radius 3 is 2.74 bits per heavy atom. The zero-order valence-corrected chi connectivity index (χ0v) is 13.1. The summed E-state index contributed by atoms with van der Waals surface area (Å²) < 4.78 is 1.83. The number of likely N-dealkylation sites (tertiary alicyclic amines) is 1. The molecule has 23 heavy (non-hydrogen) atoms. The lowest BCUT2D eigenvalue weighted by Crippen LogP contribution is -2.24. The van der Waals surface area contributed by atoms with Gasteiger partial charge in [-0.1, -0.05) is 17.7 Å². The fourth-order valence-corrected chi connectivity index (χ4v) is 2.74. The molecule has 1 fully saturated rings. The number of phenolic OH excluding ortho intramolecular Hbond substituents is 1. The number of carbonyl (C=O) groups is 2. The second-order valence-corrected chi connectivity index (χ2v) is 5.34. The Bertz CT molecular complexity index is 716. The molecule has 0 saturated carbocycles. The average molecular weight is 338 g/mol. The number of likely N-dealkylation sites (N-methyl/N-ethyl adjacent to an activating group) is 1. The highest BCUT2D eigenvalue weighted by molar-refractivity contribution is 6.34. The Hall–Kier alpha value is -2.54. The topological polar surface area (TPSA) is 95.7 Å². The van der Waals surface area contributed by atoms with E-state index < -0.39 is 0 Å². The molecule has 1 unspecified atom stereocenters. The Morgan fingerprint density at radius 2 is 2.13 bits per heavy atom. The molecule has 0 spiro atoms. The number of phenols is 1. The fourth-order valence-electron chi connectivity index (χ4n) is 2.53. The van der Waals surface area contributed by atoms with Gasteiger partial charge < -0.3 is 19.7 Å². The summed E-state index contributed by atoms with van der Waals surface area (Å²) >= 11 is 6.13. The number of carbonyl (C=O) groups excluding carboxylic acids is 1. The van der Waals surface area contributed by atoms with Gasteiger partial charge in [0.05, 0.1) is 5.02 Å². The summed E-state index contributed by atoms with van der Waals surface area (Å²) in [6, 6.07) is 4.76. The SMILES string of the molecule is CN1CCC(n2ccnc2-c2cccc(O)c2Cl)C1=O.O=CO. The Balaban J connectivity index is 0.000000595. The summed E-state index contributed by atoms with van der Waals surface area (Å²) in [7, 11) is 1.79. The maximum Gasteiger partial charge on any atom is 0.290 e. The lowest BCUT2D eigenvalue weighted by Gasteiger charge is -2.15. The smallest absolute Gasteiger partial charge is 0.290 e. The largest absolute Gasteiger partial charge is 0.506 e. The van der Waals surface area contributed by atoms with Gasteiger partial charge in [-0.25, -0.2) is 4.98 Å². The van der Waals surface area contributed by atoms with E-state index in [-0.39, 0.29) is 29.2 Å². The van der Waals surface area contributed by atoms with Crippen LogP contribution in [0.4, 0.5) is 0 Å². The number of amides is 1. The summed E-state index contributed by atoms with van der Waals surface area (Å²) in [6.07, 6.45) is 4.16. The molecular formula is C15H16ClN3O4. The van der Waals surface area contributed by atoms with Crippen LogP contribution in [0.3, 0.4) is 0 Å². The predicted molar refractivity (Wildman–Crippen MR) is 84.3 cm³/mol. The third kappa shape index (κ3) is 3.29. The minimum absolute atomic E-state index is 0.00795. The first-order valence-electron chi connectivity index (χ1n) is 6.84. The van der Waals surface area contributed by atoms with Crippen molar-refractivity contribution in [1.29, 1.82) is 0 Å². The van der Waals surface area contributed by atoms with E-state index in [2.05, 4.69) is 4.98 Å². The van der Waals surface area contributed by atoms with Crippen molar-refractivity contribution in [2.75, 3.05) is 13.6 Å². The average Bonchev–Trinajstić information content (AvgIpc) is 3.11. The van der Waals surface area contributed by atoms with Gasteiger partial charge in [-0.3, -0.25) is 9.59 Å². The van der Waals surface area contributed by atoms with Crippen LogP contribution >= 0.6 is 11.6 Å². The van der Waals surface area contributed by atoms with Crippen molar-refractivity contribution in [3.63, 3.8) is 0 Å². The summed E-state index contributed by atoms with van der Waals surface area (Å²) in [5, 5.41) is 16.8. The molecule has 0 radical (unpaired) electrons. The molecule has 1 amide bonds. The second kappa shape index (κ2) is 7.15. The molecule has 1 aliphatic rings.